The summed E-state index contributed by atoms with van der Waals surface area (Å²) >= 11 is 0. The number of aryl methyl sites for hydroxylation is 1. The molecule has 1 aliphatic rings. The lowest BCUT2D eigenvalue weighted by molar-refractivity contribution is -0.139. The molecular weight excluding hydrogens is 356 g/mol. The number of hydrogen-bond acceptors (Lipinski definition) is 4. The third-order valence-electron chi connectivity index (χ3n) is 5.70. The van der Waals surface area contributed by atoms with Crippen LogP contribution in [0.5, 0.6) is 0 Å². The number of rotatable bonds is 9. The van der Waals surface area contributed by atoms with Gasteiger partial charge in [-0.25, -0.2) is 4.79 Å². The van der Waals surface area contributed by atoms with Crippen molar-refractivity contribution < 1.29 is 19.1 Å². The molecular formula is C22H34N2O4. The second-order valence-electron chi connectivity index (χ2n) is 8.23. The van der Waals surface area contributed by atoms with Gasteiger partial charge in [0.05, 0.1) is 12.6 Å². The van der Waals surface area contributed by atoms with Gasteiger partial charge in [-0.1, -0.05) is 20.3 Å². The van der Waals surface area contributed by atoms with Gasteiger partial charge in [0, 0.05) is 23.7 Å². The Kier molecular flexibility index (Phi) is 7.44. The maximum absolute atomic E-state index is 13.3. The van der Waals surface area contributed by atoms with Crippen LogP contribution in [0, 0.1) is 25.7 Å². The van der Waals surface area contributed by atoms with Crippen LogP contribution >= 0.6 is 0 Å². The van der Waals surface area contributed by atoms with Crippen LogP contribution < -0.4 is 0 Å². The van der Waals surface area contributed by atoms with Gasteiger partial charge < -0.3 is 14.6 Å². The quantitative estimate of drug-likeness (QED) is 0.509. The number of carbonyl (C=O) groups excluding carboxylic acids is 3. The fourth-order valence-corrected chi connectivity index (χ4v) is 3.66. The van der Waals surface area contributed by atoms with E-state index >= 15 is 0 Å². The van der Waals surface area contributed by atoms with Crippen molar-refractivity contribution in [2.75, 3.05) is 13.2 Å². The predicted molar refractivity (Wildman–Crippen MR) is 109 cm³/mol. The SMILES string of the molecule is CCOC(=O)c1[nH]c(C)c(C(=O)[C@H](C)N(CCC(C)C)C(=O)C2CCC2)c1C. The predicted octanol–water partition coefficient (Wildman–Crippen LogP) is 4.05. The van der Waals surface area contributed by atoms with Crippen LogP contribution in [0.4, 0.5) is 0 Å². The van der Waals surface area contributed by atoms with Crippen LogP contribution in [0.15, 0.2) is 0 Å². The molecule has 0 unspecified atom stereocenters. The summed E-state index contributed by atoms with van der Waals surface area (Å²) in [6.45, 7) is 12.2. The summed E-state index contributed by atoms with van der Waals surface area (Å²) in [4.78, 5) is 43.2. The van der Waals surface area contributed by atoms with E-state index in [1.807, 2.05) is 0 Å². The molecule has 0 spiro atoms. The second kappa shape index (κ2) is 9.39. The summed E-state index contributed by atoms with van der Waals surface area (Å²) < 4.78 is 5.08. The van der Waals surface area contributed by atoms with Crippen molar-refractivity contribution in [2.24, 2.45) is 11.8 Å². The van der Waals surface area contributed by atoms with Crippen LogP contribution in [-0.4, -0.2) is 46.7 Å². The van der Waals surface area contributed by atoms with E-state index in [0.29, 0.717) is 35.0 Å². The van der Waals surface area contributed by atoms with Gasteiger partial charge in [-0.2, -0.15) is 0 Å². The Morgan fingerprint density at radius 1 is 1.18 bits per heavy atom. The zero-order valence-corrected chi connectivity index (χ0v) is 18.1. The highest BCUT2D eigenvalue weighted by Crippen LogP contribution is 2.30. The third-order valence-corrected chi connectivity index (χ3v) is 5.70. The number of carbonyl (C=O) groups is 3. The van der Waals surface area contributed by atoms with Crippen LogP contribution in [0.2, 0.25) is 0 Å². The summed E-state index contributed by atoms with van der Waals surface area (Å²) in [6, 6.07) is -0.560. The molecule has 6 heteroatoms. The largest absolute Gasteiger partial charge is 0.461 e. The van der Waals surface area contributed by atoms with E-state index in [-0.39, 0.29) is 24.2 Å². The fourth-order valence-electron chi connectivity index (χ4n) is 3.66. The van der Waals surface area contributed by atoms with Gasteiger partial charge in [0.15, 0.2) is 5.78 Å². The highest BCUT2D eigenvalue weighted by atomic mass is 16.5. The lowest BCUT2D eigenvalue weighted by Crippen LogP contribution is -2.48. The van der Waals surface area contributed by atoms with E-state index in [9.17, 15) is 14.4 Å². The zero-order chi connectivity index (χ0) is 21.0. The molecule has 1 amide bonds. The van der Waals surface area contributed by atoms with Gasteiger partial charge >= 0.3 is 5.97 Å². The Balaban J connectivity index is 2.28. The number of hydrogen-bond donors (Lipinski definition) is 1. The van der Waals surface area contributed by atoms with Gasteiger partial charge in [-0.3, -0.25) is 9.59 Å². The number of Topliss-reactive ketones (excluding diaryl/α,β-unsaturated/α-hetero) is 1. The minimum atomic E-state index is -0.560. The van der Waals surface area contributed by atoms with Crippen molar-refractivity contribution in [2.45, 2.75) is 73.3 Å². The smallest absolute Gasteiger partial charge is 0.355 e. The first kappa shape index (κ1) is 22.2. The molecule has 1 atom stereocenters. The number of aromatic amines is 1. The van der Waals surface area contributed by atoms with Crippen LogP contribution in [0.25, 0.3) is 0 Å². The third kappa shape index (κ3) is 4.65. The molecule has 28 heavy (non-hydrogen) atoms. The van der Waals surface area contributed by atoms with Gasteiger partial charge in [0.25, 0.3) is 0 Å². The van der Waals surface area contributed by atoms with Crippen molar-refractivity contribution >= 4 is 17.7 Å². The molecule has 6 nitrogen and oxygen atoms in total. The Bertz CT molecular complexity index is 731. The molecule has 1 aliphatic carbocycles. The Morgan fingerprint density at radius 2 is 1.82 bits per heavy atom. The number of H-pyrrole nitrogens is 1. The van der Waals surface area contributed by atoms with Crippen molar-refractivity contribution in [3.63, 3.8) is 0 Å². The highest BCUT2D eigenvalue weighted by Gasteiger charge is 2.35. The molecule has 0 saturated heterocycles. The highest BCUT2D eigenvalue weighted by molar-refractivity contribution is 6.06. The lowest BCUT2D eigenvalue weighted by atomic mass is 9.83. The molecule has 1 aromatic heterocycles. The van der Waals surface area contributed by atoms with Crippen LogP contribution in [0.3, 0.4) is 0 Å². The lowest BCUT2D eigenvalue weighted by Gasteiger charge is -2.35. The minimum Gasteiger partial charge on any atom is -0.461 e. The zero-order valence-electron chi connectivity index (χ0n) is 18.1. The molecule has 1 aromatic rings. The Morgan fingerprint density at radius 3 is 2.32 bits per heavy atom. The topological polar surface area (TPSA) is 79.5 Å². The maximum Gasteiger partial charge on any atom is 0.355 e. The second-order valence-corrected chi connectivity index (χ2v) is 8.23. The van der Waals surface area contributed by atoms with Crippen molar-refractivity contribution in [3.8, 4) is 0 Å². The summed E-state index contributed by atoms with van der Waals surface area (Å²) in [5.74, 6) is -0.00416. The minimum absolute atomic E-state index is 0.0472. The van der Waals surface area contributed by atoms with Gasteiger partial charge in [-0.15, -0.1) is 0 Å². The summed E-state index contributed by atoms with van der Waals surface area (Å²) in [5.41, 5.74) is 2.03. The average Bonchev–Trinajstić information content (AvgIpc) is 2.87. The van der Waals surface area contributed by atoms with Crippen molar-refractivity contribution in [3.05, 3.63) is 22.5 Å². The van der Waals surface area contributed by atoms with Crippen LogP contribution in [-0.2, 0) is 9.53 Å². The number of aromatic nitrogens is 1. The van der Waals surface area contributed by atoms with Gasteiger partial charge in [0.2, 0.25) is 5.91 Å². The molecule has 2 rings (SSSR count). The number of nitrogens with one attached hydrogen (secondary N) is 1. The average molecular weight is 391 g/mol. The monoisotopic (exact) mass is 390 g/mol. The van der Waals surface area contributed by atoms with E-state index in [1.165, 1.54) is 0 Å². The molecule has 1 saturated carbocycles. The van der Waals surface area contributed by atoms with E-state index in [0.717, 1.165) is 25.7 Å². The molecule has 0 aliphatic heterocycles. The Labute approximate surface area is 168 Å². The molecule has 0 radical (unpaired) electrons. The van der Waals surface area contributed by atoms with Crippen LogP contribution in [0.1, 0.15) is 85.5 Å². The molecule has 1 N–H and O–H groups in total. The summed E-state index contributed by atoms with van der Waals surface area (Å²) in [6.07, 6.45) is 3.76. The number of ketones is 1. The van der Waals surface area contributed by atoms with E-state index < -0.39 is 12.0 Å². The number of ether oxygens (including phenoxy) is 1. The molecule has 0 bridgehead atoms. The summed E-state index contributed by atoms with van der Waals surface area (Å²) in [5, 5.41) is 0. The maximum atomic E-state index is 13.3. The number of amides is 1. The van der Waals surface area contributed by atoms with Gasteiger partial charge in [0.1, 0.15) is 5.69 Å². The van der Waals surface area contributed by atoms with E-state index in [1.54, 1.807) is 32.6 Å². The Hall–Kier alpha value is -2.11. The first-order valence-corrected chi connectivity index (χ1v) is 10.4. The van der Waals surface area contributed by atoms with Crippen molar-refractivity contribution in [1.82, 2.24) is 9.88 Å². The van der Waals surface area contributed by atoms with Gasteiger partial charge in [-0.05, 0) is 58.4 Å². The first-order chi connectivity index (χ1) is 13.2. The molecule has 0 aromatic carbocycles. The first-order valence-electron chi connectivity index (χ1n) is 10.4. The van der Waals surface area contributed by atoms with E-state index in [2.05, 4.69) is 18.8 Å². The van der Waals surface area contributed by atoms with E-state index in [4.69, 9.17) is 4.74 Å². The standard InChI is InChI=1S/C22H34N2O4/c1-7-28-22(27)19-14(4)18(15(5)23-19)20(25)16(6)24(12-11-13(2)3)21(26)17-9-8-10-17/h13,16-17,23H,7-12H2,1-6H3/t16-/m0/s1. The normalized spacial score (nSPS) is 15.2. The summed E-state index contributed by atoms with van der Waals surface area (Å²) in [7, 11) is 0. The fraction of sp³-hybridized carbons (Fsp3) is 0.682. The molecule has 1 heterocycles. The molecule has 156 valence electrons. The number of esters is 1. The van der Waals surface area contributed by atoms with Crippen molar-refractivity contribution in [1.29, 1.82) is 0 Å². The molecule has 1 fully saturated rings. The number of nitrogens with zero attached hydrogens (tertiary/aromatic N) is 1.